The van der Waals surface area contributed by atoms with Gasteiger partial charge in [0.2, 0.25) is 0 Å². The van der Waals surface area contributed by atoms with Gasteiger partial charge in [0.05, 0.1) is 0 Å². The van der Waals surface area contributed by atoms with E-state index in [1.54, 1.807) is 0 Å². The van der Waals surface area contributed by atoms with Crippen molar-refractivity contribution in [3.63, 3.8) is 0 Å². The molecule has 0 aliphatic carbocycles. The third-order valence-corrected chi connectivity index (χ3v) is 3.63. The third-order valence-electron chi connectivity index (χ3n) is 3.63. The van der Waals surface area contributed by atoms with Crippen molar-refractivity contribution in [2.75, 3.05) is 25.5 Å². The van der Waals surface area contributed by atoms with E-state index < -0.39 is 5.54 Å². The molecule has 2 N–H and O–H groups in total. The molecule has 0 aromatic heterocycles. The number of benzene rings is 1. The second-order valence-electron chi connectivity index (χ2n) is 6.23. The molecule has 0 spiro atoms. The van der Waals surface area contributed by atoms with Crippen LogP contribution in [0, 0.1) is 5.92 Å². The van der Waals surface area contributed by atoms with E-state index in [9.17, 15) is 4.79 Å². The van der Waals surface area contributed by atoms with Gasteiger partial charge in [0.15, 0.2) is 5.96 Å². The lowest BCUT2D eigenvalue weighted by molar-refractivity contribution is -0.123. The predicted octanol–water partition coefficient (Wildman–Crippen LogP) is 1.70. The van der Waals surface area contributed by atoms with E-state index in [0.29, 0.717) is 18.4 Å². The number of amides is 1. The van der Waals surface area contributed by atoms with Gasteiger partial charge in [0, 0.05) is 26.3 Å². The molecule has 0 saturated carbocycles. The number of aliphatic imine (C=N–C) groups is 1. The van der Waals surface area contributed by atoms with Crippen LogP contribution in [0.25, 0.3) is 0 Å². The summed E-state index contributed by atoms with van der Waals surface area (Å²) in [6.07, 6.45) is 0. The van der Waals surface area contributed by atoms with Crippen LogP contribution in [0.15, 0.2) is 29.3 Å². The molecule has 1 fully saturated rings. The Bertz CT molecular complexity index is 548. The molecular weight excluding hydrogens is 264 g/mol. The summed E-state index contributed by atoms with van der Waals surface area (Å²) < 4.78 is 0. The topological polar surface area (TPSA) is 56.7 Å². The van der Waals surface area contributed by atoms with Crippen LogP contribution in [0.5, 0.6) is 0 Å². The first kappa shape index (κ1) is 15.4. The lowest BCUT2D eigenvalue weighted by Crippen LogP contribution is -2.40. The van der Waals surface area contributed by atoms with E-state index in [2.05, 4.69) is 29.5 Å². The molecule has 1 atom stereocenters. The van der Waals surface area contributed by atoms with Gasteiger partial charge >= 0.3 is 0 Å². The molecule has 0 radical (unpaired) electrons. The molecule has 5 nitrogen and oxygen atoms in total. The zero-order valence-electron chi connectivity index (χ0n) is 13.4. The van der Waals surface area contributed by atoms with E-state index in [4.69, 9.17) is 0 Å². The second kappa shape index (κ2) is 5.76. The van der Waals surface area contributed by atoms with E-state index in [0.717, 1.165) is 11.3 Å². The summed E-state index contributed by atoms with van der Waals surface area (Å²) in [4.78, 5) is 18.7. The maximum atomic E-state index is 12.3. The Hall–Kier alpha value is -2.04. The molecule has 114 valence electrons. The highest BCUT2D eigenvalue weighted by Crippen LogP contribution is 2.26. The maximum Gasteiger partial charge on any atom is 0.256 e. The minimum atomic E-state index is -0.763. The molecule has 5 heteroatoms. The van der Waals surface area contributed by atoms with Crippen molar-refractivity contribution in [1.29, 1.82) is 0 Å². The fourth-order valence-corrected chi connectivity index (χ4v) is 2.21. The van der Waals surface area contributed by atoms with E-state index in [1.807, 2.05) is 50.2 Å². The van der Waals surface area contributed by atoms with Gasteiger partial charge in [-0.15, -0.1) is 0 Å². The van der Waals surface area contributed by atoms with Gasteiger partial charge in [-0.3, -0.25) is 15.1 Å². The SMILES string of the molecule is CC(C)CN=C1NC(=O)C(C)(c2ccc(N(C)C)cc2)N1. The fourth-order valence-electron chi connectivity index (χ4n) is 2.21. The molecular formula is C16H24N4O. The molecule has 1 aliphatic heterocycles. The summed E-state index contributed by atoms with van der Waals surface area (Å²) in [6, 6.07) is 7.98. The van der Waals surface area contributed by atoms with Gasteiger partial charge in [-0.25, -0.2) is 0 Å². The van der Waals surface area contributed by atoms with Crippen molar-refractivity contribution < 1.29 is 4.79 Å². The van der Waals surface area contributed by atoms with Gasteiger partial charge < -0.3 is 10.2 Å². The van der Waals surface area contributed by atoms with Crippen molar-refractivity contribution in [2.45, 2.75) is 26.3 Å². The average molecular weight is 288 g/mol. The lowest BCUT2D eigenvalue weighted by Gasteiger charge is -2.22. The Labute approximate surface area is 126 Å². The smallest absolute Gasteiger partial charge is 0.256 e. The highest BCUT2D eigenvalue weighted by Gasteiger charge is 2.42. The molecule has 21 heavy (non-hydrogen) atoms. The summed E-state index contributed by atoms with van der Waals surface area (Å²) in [5.41, 5.74) is 1.27. The first-order valence-electron chi connectivity index (χ1n) is 7.25. The first-order chi connectivity index (χ1) is 9.83. The van der Waals surface area contributed by atoms with Crippen LogP contribution in [-0.2, 0) is 10.3 Å². The monoisotopic (exact) mass is 288 g/mol. The fraction of sp³-hybridized carbons (Fsp3) is 0.500. The van der Waals surface area contributed by atoms with Crippen molar-refractivity contribution in [3.05, 3.63) is 29.8 Å². The van der Waals surface area contributed by atoms with Crippen LogP contribution in [0.3, 0.4) is 0 Å². The lowest BCUT2D eigenvalue weighted by atomic mass is 9.92. The Morgan fingerprint density at radius 2 is 1.86 bits per heavy atom. The summed E-state index contributed by atoms with van der Waals surface area (Å²) in [6.45, 7) is 6.77. The van der Waals surface area contributed by atoms with Crippen molar-refractivity contribution >= 4 is 17.6 Å². The van der Waals surface area contributed by atoms with Crippen LogP contribution < -0.4 is 15.5 Å². The average Bonchev–Trinajstić information content (AvgIpc) is 2.73. The highest BCUT2D eigenvalue weighted by molar-refractivity contribution is 6.09. The standard InChI is InChI=1S/C16H24N4O/c1-11(2)10-17-15-18-14(21)16(3,19-15)12-6-8-13(9-7-12)20(4)5/h6-9,11H,10H2,1-5H3,(H2,17,18,19,21). The second-order valence-corrected chi connectivity index (χ2v) is 6.23. The van der Waals surface area contributed by atoms with Crippen LogP contribution >= 0.6 is 0 Å². The number of rotatable bonds is 4. The van der Waals surface area contributed by atoms with Gasteiger partial charge in [-0.2, -0.15) is 0 Å². The molecule has 1 aliphatic rings. The third kappa shape index (κ3) is 3.17. The van der Waals surface area contributed by atoms with Crippen LogP contribution in [-0.4, -0.2) is 32.5 Å². The van der Waals surface area contributed by atoms with Crippen molar-refractivity contribution in [1.82, 2.24) is 10.6 Å². The Morgan fingerprint density at radius 3 is 2.38 bits per heavy atom. The number of carbonyl (C=O) groups excluding carboxylic acids is 1. The van der Waals surface area contributed by atoms with Gasteiger partial charge in [0.1, 0.15) is 5.54 Å². The minimum Gasteiger partial charge on any atom is -0.378 e. The minimum absolute atomic E-state index is 0.0670. The number of hydrogen-bond acceptors (Lipinski definition) is 3. The van der Waals surface area contributed by atoms with Crippen LogP contribution in [0.1, 0.15) is 26.3 Å². The Balaban J connectivity index is 2.21. The summed E-state index contributed by atoms with van der Waals surface area (Å²) in [5.74, 6) is 0.956. The van der Waals surface area contributed by atoms with Crippen LogP contribution in [0.2, 0.25) is 0 Å². The molecule has 1 amide bonds. The van der Waals surface area contributed by atoms with Gasteiger partial charge in [-0.1, -0.05) is 26.0 Å². The zero-order chi connectivity index (χ0) is 15.6. The molecule has 1 heterocycles. The number of nitrogens with one attached hydrogen (secondary N) is 2. The summed E-state index contributed by atoms with van der Waals surface area (Å²) in [5, 5.41) is 6.04. The molecule has 1 unspecified atom stereocenters. The number of carbonyl (C=O) groups is 1. The highest BCUT2D eigenvalue weighted by atomic mass is 16.2. The molecule has 1 aromatic carbocycles. The number of hydrogen-bond donors (Lipinski definition) is 2. The zero-order valence-corrected chi connectivity index (χ0v) is 13.4. The van der Waals surface area contributed by atoms with Crippen LogP contribution in [0.4, 0.5) is 5.69 Å². The summed E-state index contributed by atoms with van der Waals surface area (Å²) in [7, 11) is 3.99. The van der Waals surface area contributed by atoms with E-state index >= 15 is 0 Å². The Kier molecular flexibility index (Phi) is 4.21. The van der Waals surface area contributed by atoms with E-state index in [1.165, 1.54) is 0 Å². The number of anilines is 1. The predicted molar refractivity (Wildman–Crippen MR) is 86.5 cm³/mol. The number of nitrogens with zero attached hydrogens (tertiary/aromatic N) is 2. The maximum absolute atomic E-state index is 12.3. The van der Waals surface area contributed by atoms with Gasteiger partial charge in [0.25, 0.3) is 5.91 Å². The molecule has 1 saturated heterocycles. The molecule has 0 bridgehead atoms. The molecule has 2 rings (SSSR count). The van der Waals surface area contributed by atoms with Crippen molar-refractivity contribution in [2.24, 2.45) is 10.9 Å². The Morgan fingerprint density at radius 1 is 1.24 bits per heavy atom. The first-order valence-corrected chi connectivity index (χ1v) is 7.25. The number of guanidine groups is 1. The van der Waals surface area contributed by atoms with Crippen molar-refractivity contribution in [3.8, 4) is 0 Å². The van der Waals surface area contributed by atoms with Gasteiger partial charge in [-0.05, 0) is 30.5 Å². The largest absolute Gasteiger partial charge is 0.378 e. The van der Waals surface area contributed by atoms with E-state index in [-0.39, 0.29) is 5.91 Å². The summed E-state index contributed by atoms with van der Waals surface area (Å²) >= 11 is 0. The molecule has 1 aromatic rings. The quantitative estimate of drug-likeness (QED) is 0.886. The normalized spacial score (nSPS) is 23.3.